The van der Waals surface area contributed by atoms with Gasteiger partial charge in [0.25, 0.3) is 0 Å². The standard InChI is InChI=1S/C14H17N3O2/c1-3-19-14(18)13-7-10(2)16-17(13)12-6-4-5-11(8-12)9-15/h4-8H,3,9,15H2,1-2H3. The Balaban J connectivity index is 2.46. The Morgan fingerprint density at radius 2 is 2.21 bits per heavy atom. The van der Waals surface area contributed by atoms with E-state index in [4.69, 9.17) is 10.5 Å². The Kier molecular flexibility index (Phi) is 3.97. The Morgan fingerprint density at radius 1 is 1.42 bits per heavy atom. The van der Waals surface area contributed by atoms with E-state index in [2.05, 4.69) is 5.10 Å². The molecule has 5 nitrogen and oxygen atoms in total. The third-order valence-corrected chi connectivity index (χ3v) is 2.71. The number of hydrogen-bond donors (Lipinski definition) is 1. The smallest absolute Gasteiger partial charge is 0.357 e. The van der Waals surface area contributed by atoms with Crippen LogP contribution in [0.2, 0.25) is 0 Å². The van der Waals surface area contributed by atoms with Crippen LogP contribution in [0.15, 0.2) is 30.3 Å². The number of benzene rings is 1. The zero-order valence-corrected chi connectivity index (χ0v) is 11.1. The van der Waals surface area contributed by atoms with Gasteiger partial charge in [0.15, 0.2) is 5.69 Å². The van der Waals surface area contributed by atoms with Crippen molar-refractivity contribution >= 4 is 5.97 Å². The molecule has 1 heterocycles. The molecule has 0 atom stereocenters. The van der Waals surface area contributed by atoms with Crippen molar-refractivity contribution in [2.24, 2.45) is 5.73 Å². The largest absolute Gasteiger partial charge is 0.461 e. The zero-order chi connectivity index (χ0) is 13.8. The first-order valence-electron chi connectivity index (χ1n) is 6.19. The van der Waals surface area contributed by atoms with E-state index in [1.54, 1.807) is 17.7 Å². The Bertz CT molecular complexity index is 590. The highest BCUT2D eigenvalue weighted by atomic mass is 16.5. The molecule has 0 saturated carbocycles. The molecular formula is C14H17N3O2. The average molecular weight is 259 g/mol. The summed E-state index contributed by atoms with van der Waals surface area (Å²) in [6.45, 7) is 4.40. The van der Waals surface area contributed by atoms with Gasteiger partial charge in [0, 0.05) is 6.54 Å². The summed E-state index contributed by atoms with van der Waals surface area (Å²) in [5.41, 5.74) is 8.61. The molecule has 2 aromatic rings. The number of aromatic nitrogens is 2. The van der Waals surface area contributed by atoms with Crippen molar-refractivity contribution in [3.8, 4) is 5.69 Å². The van der Waals surface area contributed by atoms with E-state index in [1.165, 1.54) is 0 Å². The van der Waals surface area contributed by atoms with Crippen LogP contribution in [0.25, 0.3) is 5.69 Å². The molecule has 0 aliphatic heterocycles. The lowest BCUT2D eigenvalue weighted by molar-refractivity contribution is 0.0515. The van der Waals surface area contributed by atoms with Gasteiger partial charge in [-0.05, 0) is 37.6 Å². The second-order valence-corrected chi connectivity index (χ2v) is 4.18. The Labute approximate surface area is 112 Å². The van der Waals surface area contributed by atoms with Gasteiger partial charge in [-0.2, -0.15) is 5.10 Å². The molecule has 19 heavy (non-hydrogen) atoms. The van der Waals surface area contributed by atoms with Crippen LogP contribution in [-0.2, 0) is 11.3 Å². The highest BCUT2D eigenvalue weighted by Gasteiger charge is 2.16. The maximum Gasteiger partial charge on any atom is 0.357 e. The highest BCUT2D eigenvalue weighted by Crippen LogP contribution is 2.15. The number of ether oxygens (including phenoxy) is 1. The predicted octanol–water partition coefficient (Wildman–Crippen LogP) is 1.82. The molecule has 0 fully saturated rings. The molecule has 100 valence electrons. The molecule has 1 aromatic carbocycles. The molecule has 0 amide bonds. The molecule has 2 rings (SSSR count). The minimum Gasteiger partial charge on any atom is -0.461 e. The first-order valence-corrected chi connectivity index (χ1v) is 6.19. The van der Waals surface area contributed by atoms with E-state index in [-0.39, 0.29) is 5.97 Å². The fourth-order valence-electron chi connectivity index (χ4n) is 1.86. The molecule has 0 radical (unpaired) electrons. The van der Waals surface area contributed by atoms with Crippen molar-refractivity contribution in [1.82, 2.24) is 9.78 Å². The van der Waals surface area contributed by atoms with Crippen LogP contribution in [0.3, 0.4) is 0 Å². The summed E-state index contributed by atoms with van der Waals surface area (Å²) >= 11 is 0. The minimum absolute atomic E-state index is 0.339. The van der Waals surface area contributed by atoms with Gasteiger partial charge in [0.05, 0.1) is 18.0 Å². The van der Waals surface area contributed by atoms with E-state index in [0.29, 0.717) is 18.8 Å². The summed E-state index contributed by atoms with van der Waals surface area (Å²) in [5, 5.41) is 4.33. The van der Waals surface area contributed by atoms with E-state index < -0.39 is 0 Å². The lowest BCUT2D eigenvalue weighted by Gasteiger charge is -2.08. The SMILES string of the molecule is CCOC(=O)c1cc(C)nn1-c1cccc(CN)c1. The number of carbonyl (C=O) groups excluding carboxylic acids is 1. The van der Waals surface area contributed by atoms with Gasteiger partial charge in [-0.15, -0.1) is 0 Å². The van der Waals surface area contributed by atoms with Gasteiger partial charge >= 0.3 is 5.97 Å². The van der Waals surface area contributed by atoms with Crippen molar-refractivity contribution in [3.63, 3.8) is 0 Å². The summed E-state index contributed by atoms with van der Waals surface area (Å²) in [6.07, 6.45) is 0. The number of esters is 1. The van der Waals surface area contributed by atoms with Crippen molar-refractivity contribution in [3.05, 3.63) is 47.3 Å². The van der Waals surface area contributed by atoms with Gasteiger partial charge in [0.2, 0.25) is 0 Å². The van der Waals surface area contributed by atoms with E-state index >= 15 is 0 Å². The molecule has 1 aromatic heterocycles. The number of carbonyl (C=O) groups is 1. The quantitative estimate of drug-likeness (QED) is 0.850. The number of nitrogens with two attached hydrogens (primary N) is 1. The van der Waals surface area contributed by atoms with Crippen LogP contribution in [0.5, 0.6) is 0 Å². The maximum atomic E-state index is 11.9. The van der Waals surface area contributed by atoms with Gasteiger partial charge in [-0.3, -0.25) is 0 Å². The molecule has 5 heteroatoms. The molecule has 0 unspecified atom stereocenters. The fraction of sp³-hybridized carbons (Fsp3) is 0.286. The maximum absolute atomic E-state index is 11.9. The molecule has 2 N–H and O–H groups in total. The lowest BCUT2D eigenvalue weighted by Crippen LogP contribution is -2.12. The fourth-order valence-corrected chi connectivity index (χ4v) is 1.86. The first kappa shape index (κ1) is 13.3. The van der Waals surface area contributed by atoms with Crippen LogP contribution >= 0.6 is 0 Å². The lowest BCUT2D eigenvalue weighted by atomic mass is 10.2. The second-order valence-electron chi connectivity index (χ2n) is 4.18. The van der Waals surface area contributed by atoms with Gasteiger partial charge < -0.3 is 10.5 Å². The van der Waals surface area contributed by atoms with Crippen molar-refractivity contribution < 1.29 is 9.53 Å². The van der Waals surface area contributed by atoms with Gasteiger partial charge in [-0.1, -0.05) is 12.1 Å². The van der Waals surface area contributed by atoms with Gasteiger partial charge in [-0.25, -0.2) is 9.48 Å². The summed E-state index contributed by atoms with van der Waals surface area (Å²) in [5.74, 6) is -0.374. The topological polar surface area (TPSA) is 70.1 Å². The Hall–Kier alpha value is -2.14. The number of hydrogen-bond acceptors (Lipinski definition) is 4. The van der Waals surface area contributed by atoms with Crippen LogP contribution in [0, 0.1) is 6.92 Å². The Morgan fingerprint density at radius 3 is 2.89 bits per heavy atom. The summed E-state index contributed by atoms with van der Waals surface area (Å²) in [7, 11) is 0. The molecule has 0 bridgehead atoms. The van der Waals surface area contributed by atoms with E-state index in [0.717, 1.165) is 16.9 Å². The molecule has 0 aliphatic carbocycles. The summed E-state index contributed by atoms with van der Waals surface area (Å²) < 4.78 is 6.63. The molecule has 0 saturated heterocycles. The van der Waals surface area contributed by atoms with Crippen LogP contribution < -0.4 is 5.73 Å². The molecule has 0 aliphatic rings. The van der Waals surface area contributed by atoms with Crippen molar-refractivity contribution in [2.45, 2.75) is 20.4 Å². The summed E-state index contributed by atoms with van der Waals surface area (Å²) in [4.78, 5) is 11.9. The van der Waals surface area contributed by atoms with Crippen molar-refractivity contribution in [2.75, 3.05) is 6.61 Å². The van der Waals surface area contributed by atoms with Crippen LogP contribution in [0.4, 0.5) is 0 Å². The third kappa shape index (κ3) is 2.82. The number of aryl methyl sites for hydroxylation is 1. The first-order chi connectivity index (χ1) is 9.15. The molecular weight excluding hydrogens is 242 g/mol. The third-order valence-electron chi connectivity index (χ3n) is 2.71. The number of rotatable bonds is 4. The van der Waals surface area contributed by atoms with E-state index in [1.807, 2.05) is 31.2 Å². The average Bonchev–Trinajstić information content (AvgIpc) is 2.81. The van der Waals surface area contributed by atoms with E-state index in [9.17, 15) is 4.79 Å². The normalized spacial score (nSPS) is 10.5. The number of nitrogens with zero attached hydrogens (tertiary/aromatic N) is 2. The second kappa shape index (κ2) is 5.67. The monoisotopic (exact) mass is 259 g/mol. The van der Waals surface area contributed by atoms with Crippen LogP contribution in [0.1, 0.15) is 28.7 Å². The zero-order valence-electron chi connectivity index (χ0n) is 11.1. The van der Waals surface area contributed by atoms with Crippen LogP contribution in [-0.4, -0.2) is 22.4 Å². The highest BCUT2D eigenvalue weighted by molar-refractivity contribution is 5.88. The van der Waals surface area contributed by atoms with Crippen molar-refractivity contribution in [1.29, 1.82) is 0 Å². The predicted molar refractivity (Wildman–Crippen MR) is 72.1 cm³/mol. The molecule has 0 spiro atoms. The summed E-state index contributed by atoms with van der Waals surface area (Å²) in [6, 6.07) is 9.34. The minimum atomic E-state index is -0.374. The van der Waals surface area contributed by atoms with Gasteiger partial charge in [0.1, 0.15) is 0 Å².